The zero-order valence-electron chi connectivity index (χ0n) is 14.3. The molecule has 0 bridgehead atoms. The molecule has 0 aliphatic carbocycles. The number of carbonyl (C=O) groups is 3. The van der Waals surface area contributed by atoms with Gasteiger partial charge in [0, 0.05) is 0 Å². The molecule has 6 nitrogen and oxygen atoms in total. The molecule has 1 amide bonds. The lowest BCUT2D eigenvalue weighted by molar-refractivity contribution is -0.146. The highest BCUT2D eigenvalue weighted by molar-refractivity contribution is 7.18. The molecule has 0 spiro atoms. The summed E-state index contributed by atoms with van der Waals surface area (Å²) in [4.78, 5) is 35.8. The van der Waals surface area contributed by atoms with Crippen molar-refractivity contribution in [2.45, 2.75) is 20.3 Å². The van der Waals surface area contributed by atoms with E-state index in [9.17, 15) is 18.8 Å². The smallest absolute Gasteiger partial charge is 0.348 e. The second-order valence-corrected chi connectivity index (χ2v) is 6.41. The summed E-state index contributed by atoms with van der Waals surface area (Å²) in [5.74, 6) is -1.95. The van der Waals surface area contributed by atoms with Gasteiger partial charge in [-0.3, -0.25) is 9.59 Å². The highest BCUT2D eigenvalue weighted by Crippen LogP contribution is 2.27. The summed E-state index contributed by atoms with van der Waals surface area (Å²) in [6.45, 7) is 3.26. The molecule has 2 rings (SSSR count). The highest BCUT2D eigenvalue weighted by atomic mass is 32.1. The lowest BCUT2D eigenvalue weighted by atomic mass is 10.1. The summed E-state index contributed by atoms with van der Waals surface area (Å²) in [5, 5.41) is 3.03. The number of hydrogen-bond donors (Lipinski definition) is 1. The van der Waals surface area contributed by atoms with Crippen LogP contribution in [-0.2, 0) is 25.5 Å². The minimum atomic E-state index is -0.596. The highest BCUT2D eigenvalue weighted by Gasteiger charge is 2.16. The Balaban J connectivity index is 1.83. The first-order chi connectivity index (χ1) is 12.4. The third kappa shape index (κ3) is 5.66. The Bertz CT molecular complexity index is 800. The Morgan fingerprint density at radius 2 is 1.85 bits per heavy atom. The van der Waals surface area contributed by atoms with E-state index in [1.807, 2.05) is 0 Å². The third-order valence-corrected chi connectivity index (χ3v) is 4.40. The fourth-order valence-electron chi connectivity index (χ4n) is 2.08. The van der Waals surface area contributed by atoms with Crippen LogP contribution in [0.3, 0.4) is 0 Å². The predicted octanol–water partition coefficient (Wildman–Crippen LogP) is 3.10. The quantitative estimate of drug-likeness (QED) is 0.748. The van der Waals surface area contributed by atoms with Gasteiger partial charge in [-0.2, -0.15) is 0 Å². The van der Waals surface area contributed by atoms with Crippen LogP contribution in [0.15, 0.2) is 30.3 Å². The molecule has 0 aliphatic heterocycles. The van der Waals surface area contributed by atoms with Crippen molar-refractivity contribution in [1.29, 1.82) is 0 Å². The van der Waals surface area contributed by atoms with E-state index < -0.39 is 30.3 Å². The van der Waals surface area contributed by atoms with Crippen LogP contribution in [0.25, 0.3) is 0 Å². The lowest BCUT2D eigenvalue weighted by Gasteiger charge is -2.05. The van der Waals surface area contributed by atoms with E-state index in [0.717, 1.165) is 11.3 Å². The molecule has 2 aromatic rings. The number of benzene rings is 1. The monoisotopic (exact) mass is 379 g/mol. The summed E-state index contributed by atoms with van der Waals surface area (Å²) in [5.41, 5.74) is 1.28. The first kappa shape index (κ1) is 19.6. The maximum atomic E-state index is 12.8. The Kier molecular flexibility index (Phi) is 6.85. The number of carbonyl (C=O) groups excluding carboxylic acids is 3. The van der Waals surface area contributed by atoms with Gasteiger partial charge in [-0.15, -0.1) is 11.3 Å². The number of nitrogens with one attached hydrogen (secondary N) is 1. The molecule has 1 N–H and O–H groups in total. The molecule has 1 aromatic carbocycles. The summed E-state index contributed by atoms with van der Waals surface area (Å²) >= 11 is 1.09. The number of anilines is 1. The van der Waals surface area contributed by atoms with Gasteiger partial charge in [-0.05, 0) is 43.2 Å². The van der Waals surface area contributed by atoms with E-state index in [2.05, 4.69) is 5.32 Å². The van der Waals surface area contributed by atoms with Crippen LogP contribution in [-0.4, -0.2) is 31.1 Å². The molecule has 138 valence electrons. The first-order valence-corrected chi connectivity index (χ1v) is 8.68. The molecule has 26 heavy (non-hydrogen) atoms. The molecule has 8 heteroatoms. The minimum Gasteiger partial charge on any atom is -0.462 e. The van der Waals surface area contributed by atoms with Crippen molar-refractivity contribution in [2.75, 3.05) is 18.5 Å². The summed E-state index contributed by atoms with van der Waals surface area (Å²) in [7, 11) is 0. The minimum absolute atomic E-state index is 0.0569. The molecule has 0 aliphatic rings. The number of aryl methyl sites for hydroxylation is 1. The zero-order chi connectivity index (χ0) is 19.1. The van der Waals surface area contributed by atoms with Crippen LogP contribution in [0, 0.1) is 12.7 Å². The SMILES string of the molecule is CCOC(=O)c1sc(NC(=O)COC(=O)Cc2ccc(F)cc2)cc1C. The third-order valence-electron chi connectivity index (χ3n) is 3.27. The second kappa shape index (κ2) is 9.10. The van der Waals surface area contributed by atoms with Crippen molar-refractivity contribution >= 4 is 34.2 Å². The number of hydrogen-bond acceptors (Lipinski definition) is 6. The average molecular weight is 379 g/mol. The molecule has 0 saturated heterocycles. The number of halogens is 1. The van der Waals surface area contributed by atoms with Crippen molar-refractivity contribution in [3.63, 3.8) is 0 Å². The number of amides is 1. The fraction of sp³-hybridized carbons (Fsp3) is 0.278. The Morgan fingerprint density at radius 3 is 2.50 bits per heavy atom. The van der Waals surface area contributed by atoms with Gasteiger partial charge in [0.15, 0.2) is 6.61 Å². The number of esters is 2. The van der Waals surface area contributed by atoms with Crippen molar-refractivity contribution in [3.8, 4) is 0 Å². The van der Waals surface area contributed by atoms with Gasteiger partial charge in [-0.1, -0.05) is 12.1 Å². The van der Waals surface area contributed by atoms with Crippen LogP contribution >= 0.6 is 11.3 Å². The Labute approximate surface area is 153 Å². The number of thiophene rings is 1. The molecular weight excluding hydrogens is 361 g/mol. The van der Waals surface area contributed by atoms with Gasteiger partial charge in [0.1, 0.15) is 10.7 Å². The maximum absolute atomic E-state index is 12.8. The van der Waals surface area contributed by atoms with E-state index in [4.69, 9.17) is 9.47 Å². The molecule has 1 aromatic heterocycles. The van der Waals surface area contributed by atoms with Crippen molar-refractivity contribution in [1.82, 2.24) is 0 Å². The average Bonchev–Trinajstić information content (AvgIpc) is 2.96. The van der Waals surface area contributed by atoms with Gasteiger partial charge in [0.25, 0.3) is 5.91 Å². The van der Waals surface area contributed by atoms with E-state index in [0.29, 0.717) is 21.0 Å². The Hall–Kier alpha value is -2.74. The molecular formula is C18H18FNO5S. The zero-order valence-corrected chi connectivity index (χ0v) is 15.2. The largest absolute Gasteiger partial charge is 0.462 e. The normalized spacial score (nSPS) is 10.3. The van der Waals surface area contributed by atoms with Gasteiger partial charge in [0.2, 0.25) is 0 Å². The van der Waals surface area contributed by atoms with E-state index in [1.54, 1.807) is 19.9 Å². The topological polar surface area (TPSA) is 81.7 Å². The fourth-order valence-corrected chi connectivity index (χ4v) is 3.07. The van der Waals surface area contributed by atoms with Crippen LogP contribution in [0.1, 0.15) is 27.7 Å². The first-order valence-electron chi connectivity index (χ1n) is 7.86. The predicted molar refractivity (Wildman–Crippen MR) is 94.7 cm³/mol. The second-order valence-electron chi connectivity index (χ2n) is 5.36. The van der Waals surface area contributed by atoms with Gasteiger partial charge >= 0.3 is 11.9 Å². The summed E-state index contributed by atoms with van der Waals surface area (Å²) < 4.78 is 22.6. The molecule has 1 heterocycles. The van der Waals surface area contributed by atoms with Crippen LogP contribution in [0.5, 0.6) is 0 Å². The van der Waals surface area contributed by atoms with Crippen molar-refractivity contribution in [3.05, 3.63) is 52.2 Å². The molecule has 0 unspecified atom stereocenters. The summed E-state index contributed by atoms with van der Waals surface area (Å²) in [6.07, 6.45) is -0.0569. The van der Waals surface area contributed by atoms with Crippen LogP contribution in [0.2, 0.25) is 0 Å². The number of rotatable bonds is 7. The summed E-state index contributed by atoms with van der Waals surface area (Å²) in [6, 6.07) is 7.09. The molecule has 0 atom stereocenters. The number of ether oxygens (including phenoxy) is 2. The van der Waals surface area contributed by atoms with E-state index in [-0.39, 0.29) is 13.0 Å². The van der Waals surface area contributed by atoms with Gasteiger partial charge in [0.05, 0.1) is 18.0 Å². The lowest BCUT2D eigenvalue weighted by Crippen LogP contribution is -2.21. The van der Waals surface area contributed by atoms with Crippen molar-refractivity contribution < 1.29 is 28.2 Å². The van der Waals surface area contributed by atoms with Crippen LogP contribution < -0.4 is 5.32 Å². The van der Waals surface area contributed by atoms with Crippen molar-refractivity contribution in [2.24, 2.45) is 0 Å². The molecule has 0 radical (unpaired) electrons. The maximum Gasteiger partial charge on any atom is 0.348 e. The Morgan fingerprint density at radius 1 is 1.15 bits per heavy atom. The molecule has 0 fully saturated rings. The standard InChI is InChI=1S/C18H18FNO5S/c1-3-24-18(23)17-11(2)8-15(26-17)20-14(21)10-25-16(22)9-12-4-6-13(19)7-5-12/h4-8H,3,9-10H2,1-2H3,(H,20,21). The van der Waals surface area contributed by atoms with Gasteiger partial charge in [-0.25, -0.2) is 9.18 Å². The van der Waals surface area contributed by atoms with Gasteiger partial charge < -0.3 is 14.8 Å². The van der Waals surface area contributed by atoms with E-state index in [1.165, 1.54) is 24.3 Å². The molecule has 0 saturated carbocycles. The van der Waals surface area contributed by atoms with E-state index >= 15 is 0 Å². The van der Waals surface area contributed by atoms with Crippen LogP contribution in [0.4, 0.5) is 9.39 Å².